The predicted octanol–water partition coefficient (Wildman–Crippen LogP) is 5.16. The van der Waals surface area contributed by atoms with Gasteiger partial charge in [-0.15, -0.1) is 11.8 Å². The van der Waals surface area contributed by atoms with Crippen LogP contribution < -0.4 is 14.4 Å². The first kappa shape index (κ1) is 25.6. The van der Waals surface area contributed by atoms with Gasteiger partial charge in [0.25, 0.3) is 5.91 Å². The molecule has 0 bridgehead atoms. The summed E-state index contributed by atoms with van der Waals surface area (Å²) in [5, 5.41) is -0.456. The molecule has 7 nitrogen and oxygen atoms in total. The second-order valence-electron chi connectivity index (χ2n) is 8.68. The third-order valence-electron chi connectivity index (χ3n) is 5.75. The Morgan fingerprint density at radius 3 is 2.31 bits per heavy atom. The molecule has 1 heterocycles. The van der Waals surface area contributed by atoms with Crippen LogP contribution in [0.3, 0.4) is 0 Å². The minimum absolute atomic E-state index is 0.254. The number of carbonyl (C=O) groups is 2. The number of hydrogen-bond donors (Lipinski definition) is 0. The van der Waals surface area contributed by atoms with E-state index in [0.717, 1.165) is 21.9 Å². The van der Waals surface area contributed by atoms with Gasteiger partial charge in [0.1, 0.15) is 17.2 Å². The highest BCUT2D eigenvalue weighted by atomic mass is 32.2. The van der Waals surface area contributed by atoms with E-state index in [1.54, 1.807) is 12.0 Å². The van der Waals surface area contributed by atoms with E-state index >= 15 is 0 Å². The second kappa shape index (κ2) is 11.5. The minimum Gasteiger partial charge on any atom is -0.497 e. The lowest BCUT2D eigenvalue weighted by Gasteiger charge is -2.28. The summed E-state index contributed by atoms with van der Waals surface area (Å²) in [6, 6.07) is 22.7. The number of amides is 1. The zero-order chi connectivity index (χ0) is 25.7. The number of benzene rings is 3. The van der Waals surface area contributed by atoms with Crippen molar-refractivity contribution in [2.75, 3.05) is 39.2 Å². The lowest BCUT2D eigenvalue weighted by molar-refractivity contribution is -0.152. The minimum atomic E-state index is -0.992. The number of anilines is 1. The van der Waals surface area contributed by atoms with E-state index in [1.807, 2.05) is 91.8 Å². The monoisotopic (exact) mass is 506 g/mol. The van der Waals surface area contributed by atoms with Gasteiger partial charge in [-0.25, -0.2) is 0 Å². The zero-order valence-electron chi connectivity index (χ0n) is 20.8. The highest BCUT2D eigenvalue weighted by molar-refractivity contribution is 7.99. The topological polar surface area (TPSA) is 68.3 Å². The first-order valence-electron chi connectivity index (χ1n) is 11.7. The van der Waals surface area contributed by atoms with Gasteiger partial charge in [-0.3, -0.25) is 9.59 Å². The Morgan fingerprint density at radius 2 is 1.67 bits per heavy atom. The number of rotatable bonds is 8. The summed E-state index contributed by atoms with van der Waals surface area (Å²) in [4.78, 5) is 30.6. The molecule has 0 radical (unpaired) electrons. The standard InChI is InChI=1S/C28H30N2O5S/c1-19(31)34-26-27(20-10-12-21(33-4)13-11-20)36-25-18-23(35-22-8-6-5-7-9-22)14-15-24(25)30(28(26)32)17-16-29(2)3/h5-15,18,26-27H,16-17H2,1-4H3. The first-order valence-corrected chi connectivity index (χ1v) is 12.5. The van der Waals surface area contributed by atoms with Crippen LogP contribution in [0.1, 0.15) is 17.7 Å². The average molecular weight is 507 g/mol. The van der Waals surface area contributed by atoms with Crippen molar-refractivity contribution in [1.82, 2.24) is 4.90 Å². The van der Waals surface area contributed by atoms with Crippen LogP contribution in [0.2, 0.25) is 0 Å². The van der Waals surface area contributed by atoms with Gasteiger partial charge in [-0.2, -0.15) is 0 Å². The maximum Gasteiger partial charge on any atom is 0.303 e. The zero-order valence-corrected chi connectivity index (χ0v) is 21.7. The average Bonchev–Trinajstić information content (AvgIpc) is 2.97. The molecule has 1 amide bonds. The van der Waals surface area contributed by atoms with Gasteiger partial charge >= 0.3 is 5.97 Å². The molecule has 0 fully saturated rings. The summed E-state index contributed by atoms with van der Waals surface area (Å²) in [5.74, 6) is 1.34. The number of carbonyl (C=O) groups excluding carboxylic acids is 2. The lowest BCUT2D eigenvalue weighted by Crippen LogP contribution is -2.45. The molecule has 2 unspecified atom stereocenters. The SMILES string of the molecule is COc1ccc(C2Sc3cc(Oc4ccccc4)ccc3N(CCN(C)C)C(=O)C2OC(C)=O)cc1. The number of likely N-dealkylation sites (N-methyl/N-ethyl adjacent to an activating group) is 1. The van der Waals surface area contributed by atoms with Crippen LogP contribution in [-0.2, 0) is 14.3 Å². The molecule has 36 heavy (non-hydrogen) atoms. The van der Waals surface area contributed by atoms with Gasteiger partial charge < -0.3 is 24.0 Å². The molecule has 2 atom stereocenters. The van der Waals surface area contributed by atoms with Crippen molar-refractivity contribution in [3.05, 3.63) is 78.4 Å². The molecule has 0 N–H and O–H groups in total. The van der Waals surface area contributed by atoms with Crippen molar-refractivity contribution < 1.29 is 23.8 Å². The fourth-order valence-electron chi connectivity index (χ4n) is 3.96. The van der Waals surface area contributed by atoms with Crippen LogP contribution in [-0.4, -0.2) is 57.2 Å². The molecule has 3 aromatic rings. The van der Waals surface area contributed by atoms with Crippen molar-refractivity contribution >= 4 is 29.3 Å². The van der Waals surface area contributed by atoms with Crippen LogP contribution in [0, 0.1) is 0 Å². The molecule has 4 rings (SSSR count). The molecule has 0 aliphatic carbocycles. The highest BCUT2D eigenvalue weighted by Gasteiger charge is 2.41. The molecular formula is C28H30N2O5S. The van der Waals surface area contributed by atoms with E-state index in [2.05, 4.69) is 0 Å². The summed E-state index contributed by atoms with van der Waals surface area (Å²) in [6.45, 7) is 2.43. The number of ether oxygens (including phenoxy) is 3. The number of thioether (sulfide) groups is 1. The van der Waals surface area contributed by atoms with E-state index in [9.17, 15) is 9.59 Å². The Kier molecular flexibility index (Phi) is 8.18. The highest BCUT2D eigenvalue weighted by Crippen LogP contribution is 2.48. The van der Waals surface area contributed by atoms with Gasteiger partial charge in [0, 0.05) is 24.9 Å². The molecule has 1 aliphatic rings. The van der Waals surface area contributed by atoms with Crippen LogP contribution >= 0.6 is 11.8 Å². The van der Waals surface area contributed by atoms with E-state index in [-0.39, 0.29) is 5.91 Å². The molecule has 0 spiro atoms. The number of methoxy groups -OCH3 is 1. The van der Waals surface area contributed by atoms with E-state index in [1.165, 1.54) is 18.7 Å². The molecule has 3 aromatic carbocycles. The van der Waals surface area contributed by atoms with Gasteiger partial charge in [0.05, 0.1) is 18.0 Å². The van der Waals surface area contributed by atoms with Gasteiger partial charge in [0.2, 0.25) is 0 Å². The maximum atomic E-state index is 13.9. The number of fused-ring (bicyclic) bond motifs is 1. The van der Waals surface area contributed by atoms with Crippen LogP contribution in [0.15, 0.2) is 77.7 Å². The number of nitrogens with zero attached hydrogens (tertiary/aromatic N) is 2. The van der Waals surface area contributed by atoms with Crippen molar-refractivity contribution in [3.63, 3.8) is 0 Å². The maximum absolute atomic E-state index is 13.9. The van der Waals surface area contributed by atoms with Gasteiger partial charge in [0.15, 0.2) is 6.10 Å². The third kappa shape index (κ3) is 6.01. The smallest absolute Gasteiger partial charge is 0.303 e. The van der Waals surface area contributed by atoms with E-state index in [4.69, 9.17) is 14.2 Å². The van der Waals surface area contributed by atoms with Crippen LogP contribution in [0.4, 0.5) is 5.69 Å². The normalized spacial score (nSPS) is 17.4. The van der Waals surface area contributed by atoms with Gasteiger partial charge in [-0.05, 0) is 62.1 Å². The molecule has 188 valence electrons. The fraction of sp³-hybridized carbons (Fsp3) is 0.286. The number of esters is 1. The quantitative estimate of drug-likeness (QED) is 0.391. The molecule has 0 saturated heterocycles. The Bertz CT molecular complexity index is 1200. The van der Waals surface area contributed by atoms with Crippen molar-refractivity contribution in [2.24, 2.45) is 0 Å². The van der Waals surface area contributed by atoms with Crippen molar-refractivity contribution in [3.8, 4) is 17.2 Å². The Hall–Kier alpha value is -3.49. The Morgan fingerprint density at radius 1 is 0.972 bits per heavy atom. The second-order valence-corrected chi connectivity index (χ2v) is 9.86. The molecule has 0 saturated carbocycles. The number of hydrogen-bond acceptors (Lipinski definition) is 7. The summed E-state index contributed by atoms with van der Waals surface area (Å²) in [5.41, 5.74) is 1.62. The van der Waals surface area contributed by atoms with E-state index in [0.29, 0.717) is 24.6 Å². The fourth-order valence-corrected chi connectivity index (χ4v) is 5.30. The summed E-state index contributed by atoms with van der Waals surface area (Å²) >= 11 is 1.49. The summed E-state index contributed by atoms with van der Waals surface area (Å²) in [7, 11) is 5.52. The largest absolute Gasteiger partial charge is 0.497 e. The third-order valence-corrected chi connectivity index (χ3v) is 7.10. The molecule has 8 heteroatoms. The summed E-state index contributed by atoms with van der Waals surface area (Å²) in [6.07, 6.45) is -0.992. The van der Waals surface area contributed by atoms with E-state index < -0.39 is 17.3 Å². The van der Waals surface area contributed by atoms with Crippen LogP contribution in [0.5, 0.6) is 17.2 Å². The van der Waals surface area contributed by atoms with Gasteiger partial charge in [-0.1, -0.05) is 30.3 Å². The molecule has 1 aliphatic heterocycles. The Balaban J connectivity index is 1.78. The van der Waals surface area contributed by atoms with Crippen molar-refractivity contribution in [2.45, 2.75) is 23.2 Å². The molecule has 0 aromatic heterocycles. The predicted molar refractivity (Wildman–Crippen MR) is 141 cm³/mol. The first-order chi connectivity index (χ1) is 17.4. The van der Waals surface area contributed by atoms with Crippen molar-refractivity contribution in [1.29, 1.82) is 0 Å². The van der Waals surface area contributed by atoms with Crippen LogP contribution in [0.25, 0.3) is 0 Å². The number of para-hydroxylation sites is 1. The lowest BCUT2D eigenvalue weighted by atomic mass is 10.1. The molecular weight excluding hydrogens is 476 g/mol. The summed E-state index contributed by atoms with van der Waals surface area (Å²) < 4.78 is 17.1. The Labute approximate surface area is 215 Å².